The van der Waals surface area contributed by atoms with Crippen molar-refractivity contribution in [2.45, 2.75) is 25.0 Å². The Morgan fingerprint density at radius 2 is 2.11 bits per heavy atom. The zero-order valence-electron chi connectivity index (χ0n) is 10.9. The van der Waals surface area contributed by atoms with Crippen molar-refractivity contribution in [2.24, 2.45) is 5.41 Å². The highest BCUT2D eigenvalue weighted by atomic mass is 35.5. The van der Waals surface area contributed by atoms with Crippen molar-refractivity contribution in [2.75, 3.05) is 36.9 Å². The molecule has 1 amide bonds. The van der Waals surface area contributed by atoms with Gasteiger partial charge in [-0.25, -0.2) is 0 Å². The summed E-state index contributed by atoms with van der Waals surface area (Å²) in [6, 6.07) is 0. The summed E-state index contributed by atoms with van der Waals surface area (Å²) in [7, 11) is 0. The van der Waals surface area contributed by atoms with Crippen molar-refractivity contribution in [3.05, 3.63) is 0 Å². The normalized spacial score (nSPS) is 27.1. The maximum absolute atomic E-state index is 12.0. The molecule has 2 rings (SSSR count). The molecule has 0 spiro atoms. The Morgan fingerprint density at radius 3 is 2.72 bits per heavy atom. The third kappa shape index (κ3) is 4.83. The lowest BCUT2D eigenvalue weighted by Crippen LogP contribution is -2.45. The summed E-state index contributed by atoms with van der Waals surface area (Å²) >= 11 is 3.71. The van der Waals surface area contributed by atoms with E-state index < -0.39 is 0 Å². The van der Waals surface area contributed by atoms with Crippen molar-refractivity contribution in [3.8, 4) is 0 Å². The van der Waals surface area contributed by atoms with E-state index in [0.29, 0.717) is 5.41 Å². The first kappa shape index (κ1) is 16.5. The molecule has 0 aromatic rings. The molecule has 1 unspecified atom stereocenters. The molecule has 3 nitrogen and oxygen atoms in total. The van der Waals surface area contributed by atoms with Gasteiger partial charge >= 0.3 is 0 Å². The molecule has 0 bridgehead atoms. The number of halogens is 1. The van der Waals surface area contributed by atoms with Gasteiger partial charge in [0, 0.05) is 23.8 Å². The highest BCUT2D eigenvalue weighted by Crippen LogP contribution is 2.28. The van der Waals surface area contributed by atoms with Crippen LogP contribution >= 0.6 is 35.9 Å². The second kappa shape index (κ2) is 7.88. The predicted molar refractivity (Wildman–Crippen MR) is 84.0 cm³/mol. The van der Waals surface area contributed by atoms with Gasteiger partial charge in [-0.3, -0.25) is 4.79 Å². The van der Waals surface area contributed by atoms with E-state index in [2.05, 4.69) is 17.6 Å². The van der Waals surface area contributed by atoms with Gasteiger partial charge in [-0.2, -0.15) is 11.8 Å². The predicted octanol–water partition coefficient (Wildman–Crippen LogP) is 1.76. The molecule has 18 heavy (non-hydrogen) atoms. The standard InChI is InChI=1S/C12H22N2OS2.ClH/c1-12(2-4-13-5-3-12)9-14-11(15)10-8-16-6-7-17-10;/h10,13H,2-9H2,1H3,(H,14,15);1H. The molecular formula is C12H23ClN2OS2. The van der Waals surface area contributed by atoms with Crippen LogP contribution in [0.3, 0.4) is 0 Å². The highest BCUT2D eigenvalue weighted by Gasteiger charge is 2.29. The second-order valence-electron chi connectivity index (χ2n) is 5.21. The van der Waals surface area contributed by atoms with E-state index in [1.165, 1.54) is 18.6 Å². The Bertz CT molecular complexity index is 267. The van der Waals surface area contributed by atoms with E-state index in [4.69, 9.17) is 0 Å². The van der Waals surface area contributed by atoms with Crippen LogP contribution in [0, 0.1) is 5.41 Å². The fourth-order valence-corrected chi connectivity index (χ4v) is 4.84. The number of nitrogens with one attached hydrogen (secondary N) is 2. The van der Waals surface area contributed by atoms with Gasteiger partial charge in [-0.15, -0.1) is 24.2 Å². The number of hydrogen-bond acceptors (Lipinski definition) is 4. The molecule has 106 valence electrons. The summed E-state index contributed by atoms with van der Waals surface area (Å²) in [5.41, 5.74) is 0.299. The summed E-state index contributed by atoms with van der Waals surface area (Å²) in [6.07, 6.45) is 2.33. The molecule has 0 aromatic heterocycles. The van der Waals surface area contributed by atoms with Crippen molar-refractivity contribution in [1.29, 1.82) is 0 Å². The average Bonchev–Trinajstić information content (AvgIpc) is 2.38. The second-order valence-corrected chi connectivity index (χ2v) is 7.67. The molecule has 6 heteroatoms. The van der Waals surface area contributed by atoms with Crippen LogP contribution in [-0.2, 0) is 4.79 Å². The van der Waals surface area contributed by atoms with E-state index in [0.717, 1.165) is 31.1 Å². The number of carbonyl (C=O) groups is 1. The maximum atomic E-state index is 12.0. The minimum absolute atomic E-state index is 0. The number of amides is 1. The topological polar surface area (TPSA) is 41.1 Å². The Kier molecular flexibility index (Phi) is 7.21. The van der Waals surface area contributed by atoms with Crippen molar-refractivity contribution >= 4 is 41.8 Å². The van der Waals surface area contributed by atoms with Gasteiger partial charge in [0.15, 0.2) is 0 Å². The van der Waals surface area contributed by atoms with Gasteiger partial charge in [0.05, 0.1) is 5.25 Å². The van der Waals surface area contributed by atoms with E-state index in [1.54, 1.807) is 0 Å². The number of thioether (sulfide) groups is 2. The van der Waals surface area contributed by atoms with Crippen molar-refractivity contribution in [3.63, 3.8) is 0 Å². The zero-order valence-corrected chi connectivity index (χ0v) is 13.3. The molecule has 0 aromatic carbocycles. The van der Waals surface area contributed by atoms with Gasteiger partial charge < -0.3 is 10.6 Å². The summed E-state index contributed by atoms with van der Waals surface area (Å²) < 4.78 is 0. The highest BCUT2D eigenvalue weighted by molar-refractivity contribution is 8.07. The van der Waals surface area contributed by atoms with Crippen LogP contribution < -0.4 is 10.6 Å². The van der Waals surface area contributed by atoms with E-state index in [9.17, 15) is 4.79 Å². The molecule has 2 N–H and O–H groups in total. The summed E-state index contributed by atoms with van der Waals surface area (Å²) in [6.45, 7) is 5.30. The van der Waals surface area contributed by atoms with Crippen molar-refractivity contribution in [1.82, 2.24) is 10.6 Å². The number of piperidine rings is 1. The lowest BCUT2D eigenvalue weighted by molar-refractivity contribution is -0.120. The molecule has 0 saturated carbocycles. The minimum Gasteiger partial charge on any atom is -0.355 e. The van der Waals surface area contributed by atoms with Crippen LogP contribution in [0.15, 0.2) is 0 Å². The van der Waals surface area contributed by atoms with Crippen LogP contribution in [-0.4, -0.2) is 48.0 Å². The van der Waals surface area contributed by atoms with Gasteiger partial charge in [-0.1, -0.05) is 6.92 Å². The minimum atomic E-state index is 0. The fraction of sp³-hybridized carbons (Fsp3) is 0.917. The van der Waals surface area contributed by atoms with E-state index in [-0.39, 0.29) is 23.6 Å². The number of rotatable bonds is 3. The monoisotopic (exact) mass is 310 g/mol. The first-order chi connectivity index (χ1) is 8.20. The fourth-order valence-electron chi connectivity index (χ4n) is 2.26. The maximum Gasteiger partial charge on any atom is 0.233 e. The Morgan fingerprint density at radius 1 is 1.39 bits per heavy atom. The van der Waals surface area contributed by atoms with Crippen molar-refractivity contribution < 1.29 is 4.79 Å². The first-order valence-corrected chi connectivity index (χ1v) is 8.58. The van der Waals surface area contributed by atoms with Gasteiger partial charge in [-0.05, 0) is 31.3 Å². The molecule has 1 atom stereocenters. The molecule has 0 radical (unpaired) electrons. The quantitative estimate of drug-likeness (QED) is 0.833. The van der Waals surface area contributed by atoms with E-state index in [1.807, 2.05) is 23.5 Å². The van der Waals surface area contributed by atoms with Gasteiger partial charge in [0.2, 0.25) is 5.91 Å². The summed E-state index contributed by atoms with van der Waals surface area (Å²) in [5.74, 6) is 3.54. The van der Waals surface area contributed by atoms with Crippen LogP contribution in [0.25, 0.3) is 0 Å². The smallest absolute Gasteiger partial charge is 0.233 e. The number of carbonyl (C=O) groups excluding carboxylic acids is 1. The SMILES string of the molecule is CC1(CNC(=O)C2CSCCS2)CCNCC1.Cl. The largest absolute Gasteiger partial charge is 0.355 e. The molecule has 2 saturated heterocycles. The van der Waals surface area contributed by atoms with Crippen LogP contribution in [0.2, 0.25) is 0 Å². The van der Waals surface area contributed by atoms with Crippen LogP contribution in [0.5, 0.6) is 0 Å². The zero-order chi connectivity index (χ0) is 12.1. The lowest BCUT2D eigenvalue weighted by atomic mass is 9.81. The molecule has 2 aliphatic heterocycles. The molecule has 2 heterocycles. The Hall–Kier alpha value is 0.420. The molecule has 2 fully saturated rings. The average molecular weight is 311 g/mol. The third-order valence-electron chi connectivity index (χ3n) is 3.61. The summed E-state index contributed by atoms with van der Waals surface area (Å²) in [5, 5.41) is 6.71. The van der Waals surface area contributed by atoms with Crippen LogP contribution in [0.4, 0.5) is 0 Å². The molecular weight excluding hydrogens is 288 g/mol. The Labute approximate surface area is 124 Å². The van der Waals surface area contributed by atoms with E-state index >= 15 is 0 Å². The Balaban J connectivity index is 0.00000162. The molecule has 0 aliphatic carbocycles. The van der Waals surface area contributed by atoms with Gasteiger partial charge in [0.1, 0.15) is 0 Å². The molecule has 2 aliphatic rings. The third-order valence-corrected chi connectivity index (χ3v) is 6.36. The first-order valence-electron chi connectivity index (χ1n) is 6.37. The van der Waals surface area contributed by atoms with Crippen LogP contribution in [0.1, 0.15) is 19.8 Å². The number of hydrogen-bond donors (Lipinski definition) is 2. The van der Waals surface area contributed by atoms with Gasteiger partial charge in [0.25, 0.3) is 0 Å². The lowest BCUT2D eigenvalue weighted by Gasteiger charge is -2.34. The summed E-state index contributed by atoms with van der Waals surface area (Å²) in [4.78, 5) is 12.0.